The molecule has 31 heavy (non-hydrogen) atoms. The number of aromatic nitrogens is 2. The molecule has 0 aliphatic carbocycles. The molecular formula is C24H35N5O2. The molecule has 2 amide bonds. The van der Waals surface area contributed by atoms with Crippen LogP contribution in [0.15, 0.2) is 30.3 Å². The maximum atomic E-state index is 12.7. The molecule has 1 fully saturated rings. The molecule has 1 atom stereocenters. The van der Waals surface area contributed by atoms with Crippen molar-refractivity contribution in [2.75, 3.05) is 26.2 Å². The Labute approximate surface area is 185 Å². The second-order valence-corrected chi connectivity index (χ2v) is 8.76. The summed E-state index contributed by atoms with van der Waals surface area (Å²) >= 11 is 0. The quantitative estimate of drug-likeness (QED) is 0.740. The molecule has 1 aliphatic rings. The Kier molecular flexibility index (Phi) is 7.49. The largest absolute Gasteiger partial charge is 0.353 e. The molecule has 1 saturated heterocycles. The first-order valence-electron chi connectivity index (χ1n) is 11.2. The lowest BCUT2D eigenvalue weighted by Crippen LogP contribution is -2.55. The maximum Gasteiger partial charge on any atom is 0.237 e. The van der Waals surface area contributed by atoms with Gasteiger partial charge in [-0.05, 0) is 64.8 Å². The first-order valence-corrected chi connectivity index (χ1v) is 11.2. The summed E-state index contributed by atoms with van der Waals surface area (Å²) in [5.41, 5.74) is 4.29. The molecule has 7 nitrogen and oxygen atoms in total. The third-order valence-electron chi connectivity index (χ3n) is 5.84. The summed E-state index contributed by atoms with van der Waals surface area (Å²) in [5, 5.41) is 7.48. The minimum absolute atomic E-state index is 0.0543. The van der Waals surface area contributed by atoms with Gasteiger partial charge < -0.3 is 10.2 Å². The van der Waals surface area contributed by atoms with Gasteiger partial charge in [-0.2, -0.15) is 5.10 Å². The lowest BCUT2D eigenvalue weighted by molar-refractivity contribution is -0.134. The number of amides is 2. The summed E-state index contributed by atoms with van der Waals surface area (Å²) in [6, 6.07) is 10.3. The Hall–Kier alpha value is -2.67. The van der Waals surface area contributed by atoms with Crippen molar-refractivity contribution in [1.29, 1.82) is 0 Å². The molecule has 0 bridgehead atoms. The Morgan fingerprint density at radius 2 is 1.68 bits per heavy atom. The highest BCUT2D eigenvalue weighted by Gasteiger charge is 2.27. The van der Waals surface area contributed by atoms with E-state index >= 15 is 0 Å². The highest BCUT2D eigenvalue weighted by Crippen LogP contribution is 2.15. The van der Waals surface area contributed by atoms with Crippen LogP contribution in [0.25, 0.3) is 5.69 Å². The number of aryl methyl sites for hydroxylation is 3. The van der Waals surface area contributed by atoms with E-state index in [0.29, 0.717) is 19.5 Å². The van der Waals surface area contributed by atoms with Gasteiger partial charge in [0.15, 0.2) is 0 Å². The molecule has 2 aromatic rings. The highest BCUT2D eigenvalue weighted by molar-refractivity contribution is 5.81. The summed E-state index contributed by atoms with van der Waals surface area (Å²) in [4.78, 5) is 29.0. The number of nitrogens with one attached hydrogen (secondary N) is 1. The van der Waals surface area contributed by atoms with Gasteiger partial charge in [-0.3, -0.25) is 14.5 Å². The molecule has 1 aromatic heterocycles. The second kappa shape index (κ2) is 10.1. The van der Waals surface area contributed by atoms with Gasteiger partial charge in [-0.1, -0.05) is 12.1 Å². The van der Waals surface area contributed by atoms with E-state index in [1.54, 1.807) is 0 Å². The first kappa shape index (κ1) is 23.0. The molecular weight excluding hydrogens is 390 g/mol. The SMILES string of the molecule is Cc1cc(C)n(-c2ccc(CCC(=O)N3CCN([C@@H](C)C(=O)NC(C)C)CC3)cc2)n1. The van der Waals surface area contributed by atoms with Crippen LogP contribution in [0, 0.1) is 13.8 Å². The molecule has 1 N–H and O–H groups in total. The zero-order chi connectivity index (χ0) is 22.5. The lowest BCUT2D eigenvalue weighted by atomic mass is 10.1. The average molecular weight is 426 g/mol. The summed E-state index contributed by atoms with van der Waals surface area (Å²) in [5.74, 6) is 0.236. The summed E-state index contributed by atoms with van der Waals surface area (Å²) in [6.45, 7) is 12.7. The Morgan fingerprint density at radius 1 is 1.03 bits per heavy atom. The predicted octanol–water partition coefficient (Wildman–Crippen LogP) is 2.48. The van der Waals surface area contributed by atoms with Crippen LogP contribution in [0.5, 0.6) is 0 Å². The van der Waals surface area contributed by atoms with Gasteiger partial charge in [-0.25, -0.2) is 4.68 Å². The zero-order valence-electron chi connectivity index (χ0n) is 19.4. The van der Waals surface area contributed by atoms with Crippen molar-refractivity contribution in [2.45, 2.75) is 59.5 Å². The highest BCUT2D eigenvalue weighted by atomic mass is 16.2. The van der Waals surface area contributed by atoms with E-state index in [1.165, 1.54) is 0 Å². The van der Waals surface area contributed by atoms with E-state index in [1.807, 2.05) is 44.2 Å². The fourth-order valence-corrected chi connectivity index (χ4v) is 4.03. The van der Waals surface area contributed by atoms with E-state index in [2.05, 4.69) is 45.6 Å². The molecule has 0 spiro atoms. The Bertz CT molecular complexity index is 895. The number of carbonyl (C=O) groups excluding carboxylic acids is 2. The van der Waals surface area contributed by atoms with Gasteiger partial charge in [0.1, 0.15) is 0 Å². The van der Waals surface area contributed by atoms with Crippen molar-refractivity contribution in [1.82, 2.24) is 24.9 Å². The molecule has 168 valence electrons. The number of hydrogen-bond donors (Lipinski definition) is 1. The number of carbonyl (C=O) groups is 2. The molecule has 0 unspecified atom stereocenters. The van der Waals surface area contributed by atoms with Crippen LogP contribution in [0.3, 0.4) is 0 Å². The molecule has 2 heterocycles. The minimum atomic E-state index is -0.166. The van der Waals surface area contributed by atoms with Gasteiger partial charge in [0.25, 0.3) is 0 Å². The van der Waals surface area contributed by atoms with Crippen LogP contribution in [-0.4, -0.2) is 69.7 Å². The van der Waals surface area contributed by atoms with Crippen LogP contribution >= 0.6 is 0 Å². The molecule has 3 rings (SSSR count). The molecule has 7 heteroatoms. The van der Waals surface area contributed by atoms with Crippen molar-refractivity contribution in [3.63, 3.8) is 0 Å². The number of nitrogens with zero attached hydrogens (tertiary/aromatic N) is 4. The molecule has 0 saturated carbocycles. The predicted molar refractivity (Wildman–Crippen MR) is 122 cm³/mol. The third kappa shape index (κ3) is 5.94. The first-order chi connectivity index (χ1) is 14.7. The summed E-state index contributed by atoms with van der Waals surface area (Å²) < 4.78 is 1.94. The number of hydrogen-bond acceptors (Lipinski definition) is 4. The maximum absolute atomic E-state index is 12.7. The van der Waals surface area contributed by atoms with Crippen molar-refractivity contribution in [2.24, 2.45) is 0 Å². The van der Waals surface area contributed by atoms with Gasteiger partial charge in [0.2, 0.25) is 11.8 Å². The van der Waals surface area contributed by atoms with Crippen LogP contribution in [0.4, 0.5) is 0 Å². The average Bonchev–Trinajstić information content (AvgIpc) is 3.09. The van der Waals surface area contributed by atoms with E-state index in [4.69, 9.17) is 0 Å². The van der Waals surface area contributed by atoms with Gasteiger partial charge in [0, 0.05) is 44.3 Å². The van der Waals surface area contributed by atoms with Crippen LogP contribution in [0.1, 0.15) is 44.1 Å². The molecule has 0 radical (unpaired) electrons. The number of benzene rings is 1. The fraction of sp³-hybridized carbons (Fsp3) is 0.542. The number of piperazine rings is 1. The minimum Gasteiger partial charge on any atom is -0.353 e. The van der Waals surface area contributed by atoms with Crippen molar-refractivity contribution in [3.05, 3.63) is 47.3 Å². The topological polar surface area (TPSA) is 70.5 Å². The summed E-state index contributed by atoms with van der Waals surface area (Å²) in [7, 11) is 0. The van der Waals surface area contributed by atoms with E-state index in [0.717, 1.165) is 42.1 Å². The standard InChI is InChI=1S/C24H35N5O2/c1-17(2)25-24(31)20(5)27-12-14-28(15-13-27)23(30)11-8-21-6-9-22(10-7-21)29-19(4)16-18(3)26-29/h6-7,9-10,16-17,20H,8,11-15H2,1-5H3,(H,25,31)/t20-/m0/s1. The second-order valence-electron chi connectivity index (χ2n) is 8.76. The van der Waals surface area contributed by atoms with Crippen LogP contribution in [-0.2, 0) is 16.0 Å². The molecule has 1 aliphatic heterocycles. The van der Waals surface area contributed by atoms with E-state index in [9.17, 15) is 9.59 Å². The van der Waals surface area contributed by atoms with Gasteiger partial charge >= 0.3 is 0 Å². The Morgan fingerprint density at radius 3 is 2.23 bits per heavy atom. The zero-order valence-corrected chi connectivity index (χ0v) is 19.4. The van der Waals surface area contributed by atoms with Gasteiger partial charge in [-0.15, -0.1) is 0 Å². The van der Waals surface area contributed by atoms with E-state index < -0.39 is 0 Å². The van der Waals surface area contributed by atoms with Crippen LogP contribution < -0.4 is 5.32 Å². The lowest BCUT2D eigenvalue weighted by Gasteiger charge is -2.37. The normalized spacial score (nSPS) is 15.9. The molecule has 1 aromatic carbocycles. The van der Waals surface area contributed by atoms with Crippen molar-refractivity contribution < 1.29 is 9.59 Å². The number of rotatable bonds is 7. The fourth-order valence-electron chi connectivity index (χ4n) is 4.03. The monoisotopic (exact) mass is 425 g/mol. The van der Waals surface area contributed by atoms with Gasteiger partial charge in [0.05, 0.1) is 17.4 Å². The van der Waals surface area contributed by atoms with Crippen LogP contribution in [0.2, 0.25) is 0 Å². The Balaban J connectivity index is 1.46. The smallest absolute Gasteiger partial charge is 0.237 e. The third-order valence-corrected chi connectivity index (χ3v) is 5.84. The van der Waals surface area contributed by atoms with Crippen molar-refractivity contribution >= 4 is 11.8 Å². The summed E-state index contributed by atoms with van der Waals surface area (Å²) in [6.07, 6.45) is 1.23. The van der Waals surface area contributed by atoms with E-state index in [-0.39, 0.29) is 23.9 Å². The van der Waals surface area contributed by atoms with Crippen molar-refractivity contribution in [3.8, 4) is 5.69 Å².